The van der Waals surface area contributed by atoms with Gasteiger partial charge in [0.05, 0.1) is 4.47 Å². The molecular weight excluding hydrogens is 327 g/mol. The number of nitrogens with two attached hydrogens (primary N) is 1. The van der Waals surface area contributed by atoms with Crippen LogP contribution in [0.1, 0.15) is 13.3 Å². The molecule has 1 fully saturated rings. The van der Waals surface area contributed by atoms with Gasteiger partial charge in [0.15, 0.2) is 6.10 Å². The van der Waals surface area contributed by atoms with E-state index >= 15 is 0 Å². The van der Waals surface area contributed by atoms with Crippen molar-refractivity contribution in [1.29, 1.82) is 0 Å². The quantitative estimate of drug-likeness (QED) is 0.910. The highest BCUT2D eigenvalue weighted by molar-refractivity contribution is 9.10. The van der Waals surface area contributed by atoms with Crippen molar-refractivity contribution in [1.82, 2.24) is 4.90 Å². The van der Waals surface area contributed by atoms with Gasteiger partial charge >= 0.3 is 0 Å². The molecule has 110 valence electrons. The number of hydrogen-bond donors (Lipinski definition) is 1. The topological polar surface area (TPSA) is 55.6 Å². The zero-order chi connectivity index (χ0) is 14.7. The van der Waals surface area contributed by atoms with E-state index in [1.54, 1.807) is 11.8 Å². The second-order valence-corrected chi connectivity index (χ2v) is 5.86. The lowest BCUT2D eigenvalue weighted by Gasteiger charge is -2.22. The highest BCUT2D eigenvalue weighted by atomic mass is 79.9. The summed E-state index contributed by atoms with van der Waals surface area (Å²) >= 11 is 3.22. The zero-order valence-corrected chi connectivity index (χ0v) is 12.9. The standard InChI is InChI=1S/C14H18BrFN2O2/c1-9(14(19)18-5-4-10(7-17)8-18)20-13-3-2-11(16)6-12(13)15/h2-3,6,9-10H,4-5,7-8,17H2,1H3/t9-,10+/m0/s1. The molecule has 0 aliphatic carbocycles. The van der Waals surface area contributed by atoms with Gasteiger partial charge in [-0.2, -0.15) is 0 Å². The molecule has 0 bridgehead atoms. The average molecular weight is 345 g/mol. The van der Waals surface area contributed by atoms with Gasteiger partial charge < -0.3 is 15.4 Å². The molecule has 0 aromatic heterocycles. The van der Waals surface area contributed by atoms with Crippen molar-refractivity contribution in [3.8, 4) is 5.75 Å². The molecule has 2 atom stereocenters. The van der Waals surface area contributed by atoms with Gasteiger partial charge in [-0.15, -0.1) is 0 Å². The molecule has 0 radical (unpaired) electrons. The molecule has 0 unspecified atom stereocenters. The lowest BCUT2D eigenvalue weighted by molar-refractivity contribution is -0.137. The Morgan fingerprint density at radius 3 is 3.00 bits per heavy atom. The van der Waals surface area contributed by atoms with Crippen molar-refractivity contribution in [3.05, 3.63) is 28.5 Å². The van der Waals surface area contributed by atoms with E-state index < -0.39 is 6.10 Å². The van der Waals surface area contributed by atoms with E-state index in [1.807, 2.05) is 0 Å². The normalized spacial score (nSPS) is 20.0. The monoisotopic (exact) mass is 344 g/mol. The molecule has 1 aromatic carbocycles. The second-order valence-electron chi connectivity index (χ2n) is 5.01. The van der Waals surface area contributed by atoms with E-state index in [0.29, 0.717) is 29.2 Å². The number of carbonyl (C=O) groups excluding carboxylic acids is 1. The van der Waals surface area contributed by atoms with Crippen LogP contribution in [0.3, 0.4) is 0 Å². The van der Waals surface area contributed by atoms with Gasteiger partial charge in [0.1, 0.15) is 11.6 Å². The number of ether oxygens (including phenoxy) is 1. The Bertz CT molecular complexity index is 498. The molecule has 4 nitrogen and oxygen atoms in total. The maximum atomic E-state index is 13.0. The number of nitrogens with zero attached hydrogens (tertiary/aromatic N) is 1. The summed E-state index contributed by atoms with van der Waals surface area (Å²) in [6.45, 7) is 3.71. The van der Waals surface area contributed by atoms with Crippen LogP contribution < -0.4 is 10.5 Å². The first kappa shape index (κ1) is 15.3. The third-order valence-electron chi connectivity index (χ3n) is 3.48. The molecule has 2 rings (SSSR count). The van der Waals surface area contributed by atoms with Crippen molar-refractivity contribution in [2.24, 2.45) is 11.7 Å². The summed E-state index contributed by atoms with van der Waals surface area (Å²) in [5, 5.41) is 0. The molecule has 1 amide bonds. The summed E-state index contributed by atoms with van der Waals surface area (Å²) in [6, 6.07) is 4.13. The summed E-state index contributed by atoms with van der Waals surface area (Å²) in [5.41, 5.74) is 5.62. The third kappa shape index (κ3) is 3.49. The van der Waals surface area contributed by atoms with Gasteiger partial charge in [0, 0.05) is 13.1 Å². The first-order valence-electron chi connectivity index (χ1n) is 6.62. The molecule has 1 aliphatic heterocycles. The predicted octanol–water partition coefficient (Wildman–Crippen LogP) is 2.16. The molecule has 6 heteroatoms. The van der Waals surface area contributed by atoms with Crippen LogP contribution in [-0.4, -0.2) is 36.5 Å². The molecule has 1 aromatic rings. The molecule has 2 N–H and O–H groups in total. The smallest absolute Gasteiger partial charge is 0.263 e. The minimum absolute atomic E-state index is 0.0582. The Kier molecular flexibility index (Phi) is 4.99. The van der Waals surface area contributed by atoms with Crippen LogP contribution in [0.5, 0.6) is 5.75 Å². The summed E-state index contributed by atoms with van der Waals surface area (Å²) in [6.07, 6.45) is 0.336. The maximum Gasteiger partial charge on any atom is 0.263 e. The van der Waals surface area contributed by atoms with E-state index in [9.17, 15) is 9.18 Å². The van der Waals surface area contributed by atoms with Gasteiger partial charge in [-0.1, -0.05) is 0 Å². The lowest BCUT2D eigenvalue weighted by atomic mass is 10.1. The van der Waals surface area contributed by atoms with E-state index in [4.69, 9.17) is 10.5 Å². The molecule has 1 saturated heterocycles. The fraction of sp³-hybridized carbons (Fsp3) is 0.500. The van der Waals surface area contributed by atoms with Crippen LogP contribution in [-0.2, 0) is 4.79 Å². The van der Waals surface area contributed by atoms with Crippen molar-refractivity contribution in [2.75, 3.05) is 19.6 Å². The largest absolute Gasteiger partial charge is 0.480 e. The van der Waals surface area contributed by atoms with Crippen LogP contribution in [0.2, 0.25) is 0 Å². The first-order chi connectivity index (χ1) is 9.51. The Morgan fingerprint density at radius 1 is 1.65 bits per heavy atom. The Balaban J connectivity index is 1.97. The highest BCUT2D eigenvalue weighted by Gasteiger charge is 2.29. The minimum atomic E-state index is -0.603. The molecule has 1 heterocycles. The number of halogens is 2. The average Bonchev–Trinajstić information content (AvgIpc) is 2.89. The van der Waals surface area contributed by atoms with Crippen molar-refractivity contribution < 1.29 is 13.9 Å². The van der Waals surface area contributed by atoms with Crippen LogP contribution in [0.4, 0.5) is 4.39 Å². The number of carbonyl (C=O) groups is 1. The summed E-state index contributed by atoms with van der Waals surface area (Å²) < 4.78 is 19.1. The number of hydrogen-bond acceptors (Lipinski definition) is 3. The van der Waals surface area contributed by atoms with Gasteiger partial charge in [-0.25, -0.2) is 4.39 Å². The van der Waals surface area contributed by atoms with Crippen LogP contribution >= 0.6 is 15.9 Å². The van der Waals surface area contributed by atoms with E-state index in [-0.39, 0.29) is 11.7 Å². The second kappa shape index (κ2) is 6.54. The summed E-state index contributed by atoms with van der Waals surface area (Å²) in [7, 11) is 0. The Morgan fingerprint density at radius 2 is 2.40 bits per heavy atom. The van der Waals surface area contributed by atoms with E-state index in [0.717, 1.165) is 13.0 Å². The highest BCUT2D eigenvalue weighted by Crippen LogP contribution is 2.27. The number of benzene rings is 1. The third-order valence-corrected chi connectivity index (χ3v) is 4.10. The van der Waals surface area contributed by atoms with Crippen molar-refractivity contribution in [3.63, 3.8) is 0 Å². The van der Waals surface area contributed by atoms with E-state index in [1.165, 1.54) is 18.2 Å². The molecule has 0 spiro atoms. The van der Waals surface area contributed by atoms with Crippen molar-refractivity contribution in [2.45, 2.75) is 19.4 Å². The number of amides is 1. The molecule has 20 heavy (non-hydrogen) atoms. The van der Waals surface area contributed by atoms with E-state index in [2.05, 4.69) is 15.9 Å². The SMILES string of the molecule is C[C@H](Oc1ccc(F)cc1Br)C(=O)N1CC[C@H](CN)C1. The minimum Gasteiger partial charge on any atom is -0.480 e. The molecular formula is C14H18BrFN2O2. The molecule has 0 saturated carbocycles. The van der Waals surface area contributed by atoms with Crippen LogP contribution in [0.15, 0.2) is 22.7 Å². The zero-order valence-electron chi connectivity index (χ0n) is 11.3. The predicted molar refractivity (Wildman–Crippen MR) is 77.9 cm³/mol. The van der Waals surface area contributed by atoms with Gasteiger partial charge in [0.2, 0.25) is 0 Å². The molecule has 1 aliphatic rings. The fourth-order valence-electron chi connectivity index (χ4n) is 2.29. The van der Waals surface area contributed by atoms with Gasteiger partial charge in [0.25, 0.3) is 5.91 Å². The number of likely N-dealkylation sites (tertiary alicyclic amines) is 1. The van der Waals surface area contributed by atoms with Gasteiger partial charge in [-0.05, 0) is 59.9 Å². The van der Waals surface area contributed by atoms with Crippen LogP contribution in [0.25, 0.3) is 0 Å². The summed E-state index contributed by atoms with van der Waals surface area (Å²) in [5.74, 6) is 0.427. The maximum absolute atomic E-state index is 13.0. The summed E-state index contributed by atoms with van der Waals surface area (Å²) in [4.78, 5) is 14.0. The van der Waals surface area contributed by atoms with Crippen molar-refractivity contribution >= 4 is 21.8 Å². The van der Waals surface area contributed by atoms with Crippen LogP contribution in [0, 0.1) is 11.7 Å². The van der Waals surface area contributed by atoms with Gasteiger partial charge in [-0.3, -0.25) is 4.79 Å². The first-order valence-corrected chi connectivity index (χ1v) is 7.41. The lowest BCUT2D eigenvalue weighted by Crippen LogP contribution is -2.39. The Hall–Kier alpha value is -1.14. The number of rotatable bonds is 4. The Labute approximate surface area is 126 Å². The fourth-order valence-corrected chi connectivity index (χ4v) is 2.74.